The summed E-state index contributed by atoms with van der Waals surface area (Å²) in [5.74, 6) is 1.71. The number of para-hydroxylation sites is 2. The maximum Gasteiger partial charge on any atom is 0.0602 e. The summed E-state index contributed by atoms with van der Waals surface area (Å²) in [7, 11) is 0. The predicted molar refractivity (Wildman–Crippen MR) is 80.7 cm³/mol. The Balaban J connectivity index is 1.52. The van der Waals surface area contributed by atoms with Gasteiger partial charge in [0.15, 0.2) is 0 Å². The Morgan fingerprint density at radius 1 is 1.11 bits per heavy atom. The first-order chi connectivity index (χ1) is 9.42. The van der Waals surface area contributed by atoms with Gasteiger partial charge >= 0.3 is 0 Å². The fraction of sp³-hybridized carbons (Fsp3) is 0.529. The van der Waals surface area contributed by atoms with Crippen LogP contribution in [-0.2, 0) is 0 Å². The van der Waals surface area contributed by atoms with Crippen LogP contribution in [0.1, 0.15) is 25.7 Å². The van der Waals surface area contributed by atoms with Crippen molar-refractivity contribution in [2.45, 2.75) is 31.7 Å². The summed E-state index contributed by atoms with van der Waals surface area (Å²) < 4.78 is 0. The smallest absolute Gasteiger partial charge is 0.0602 e. The molecule has 1 saturated carbocycles. The number of benzene rings is 1. The molecule has 2 heteroatoms. The van der Waals surface area contributed by atoms with Gasteiger partial charge in [-0.25, -0.2) is 0 Å². The van der Waals surface area contributed by atoms with Crippen molar-refractivity contribution in [3.8, 4) is 0 Å². The highest BCUT2D eigenvalue weighted by Gasteiger charge is 2.41. The third-order valence-electron chi connectivity index (χ3n) is 5.05. The molecule has 2 fully saturated rings. The van der Waals surface area contributed by atoms with E-state index in [0.29, 0.717) is 6.04 Å². The van der Waals surface area contributed by atoms with Crippen LogP contribution in [0.25, 0.3) is 0 Å². The number of hydrogen-bond acceptors (Lipinski definition) is 2. The predicted octanol–water partition coefficient (Wildman–Crippen LogP) is 3.66. The third kappa shape index (κ3) is 1.94. The molecule has 2 aliphatic carbocycles. The number of allylic oxidation sites excluding steroid dienone is 1. The van der Waals surface area contributed by atoms with E-state index in [0.717, 1.165) is 11.8 Å². The van der Waals surface area contributed by atoms with Crippen LogP contribution in [0.5, 0.6) is 0 Å². The molecule has 3 unspecified atom stereocenters. The minimum absolute atomic E-state index is 0.660. The van der Waals surface area contributed by atoms with Gasteiger partial charge in [-0.05, 0) is 43.7 Å². The first kappa shape index (κ1) is 11.4. The second-order valence-electron chi connectivity index (χ2n) is 6.20. The van der Waals surface area contributed by atoms with Crippen molar-refractivity contribution < 1.29 is 0 Å². The lowest BCUT2D eigenvalue weighted by Gasteiger charge is -2.41. The quantitative estimate of drug-likeness (QED) is 0.828. The molecule has 0 bridgehead atoms. The summed E-state index contributed by atoms with van der Waals surface area (Å²) in [6.45, 7) is 2.44. The van der Waals surface area contributed by atoms with Crippen molar-refractivity contribution in [3.05, 3.63) is 36.4 Å². The molecular weight excluding hydrogens is 232 g/mol. The van der Waals surface area contributed by atoms with Crippen molar-refractivity contribution in [2.24, 2.45) is 11.8 Å². The van der Waals surface area contributed by atoms with E-state index in [4.69, 9.17) is 0 Å². The molecule has 3 aliphatic rings. The third-order valence-corrected chi connectivity index (χ3v) is 5.05. The van der Waals surface area contributed by atoms with Gasteiger partial charge in [0.05, 0.1) is 11.4 Å². The van der Waals surface area contributed by atoms with Crippen LogP contribution in [0.4, 0.5) is 11.4 Å². The Morgan fingerprint density at radius 3 is 2.79 bits per heavy atom. The van der Waals surface area contributed by atoms with Crippen LogP contribution in [0.15, 0.2) is 36.4 Å². The zero-order chi connectivity index (χ0) is 12.7. The summed E-state index contributed by atoms with van der Waals surface area (Å²) in [6.07, 6.45) is 10.1. The normalized spacial score (nSPS) is 32.2. The van der Waals surface area contributed by atoms with Crippen molar-refractivity contribution in [3.63, 3.8) is 0 Å². The zero-order valence-electron chi connectivity index (χ0n) is 11.4. The van der Waals surface area contributed by atoms with Crippen molar-refractivity contribution in [1.82, 2.24) is 0 Å². The standard InChI is InChI=1S/C17H22N2/c1-2-9-17(19-10-3-4-11-19)15(8-1)18-16-12-13-6-5-7-14(13)16/h1-2,5,7-9,13-14,16,18H,3-4,6,10-12H2. The molecule has 1 aliphatic heterocycles. The maximum absolute atomic E-state index is 3.80. The lowest BCUT2D eigenvalue weighted by molar-refractivity contribution is 0.218. The second kappa shape index (κ2) is 4.59. The van der Waals surface area contributed by atoms with Crippen LogP contribution in [-0.4, -0.2) is 19.1 Å². The number of hydrogen-bond donors (Lipinski definition) is 1. The van der Waals surface area contributed by atoms with E-state index in [1.165, 1.54) is 50.1 Å². The molecule has 2 nitrogen and oxygen atoms in total. The van der Waals surface area contributed by atoms with Crippen LogP contribution in [0, 0.1) is 11.8 Å². The molecule has 0 radical (unpaired) electrons. The summed E-state index contributed by atoms with van der Waals surface area (Å²) >= 11 is 0. The molecule has 0 spiro atoms. The van der Waals surface area contributed by atoms with E-state index >= 15 is 0 Å². The lowest BCUT2D eigenvalue weighted by Crippen LogP contribution is -2.43. The van der Waals surface area contributed by atoms with Crippen LogP contribution in [0.2, 0.25) is 0 Å². The number of rotatable bonds is 3. The Morgan fingerprint density at radius 2 is 1.95 bits per heavy atom. The van der Waals surface area contributed by atoms with E-state index in [-0.39, 0.29) is 0 Å². The van der Waals surface area contributed by atoms with E-state index in [9.17, 15) is 0 Å². The monoisotopic (exact) mass is 254 g/mol. The Bertz CT molecular complexity index is 488. The molecule has 1 aromatic carbocycles. The molecule has 0 aromatic heterocycles. The first-order valence-electron chi connectivity index (χ1n) is 7.69. The van der Waals surface area contributed by atoms with Gasteiger partial charge in [-0.1, -0.05) is 24.3 Å². The minimum Gasteiger partial charge on any atom is -0.380 e. The lowest BCUT2D eigenvalue weighted by atomic mass is 9.71. The van der Waals surface area contributed by atoms with Gasteiger partial charge in [-0.2, -0.15) is 0 Å². The fourth-order valence-corrected chi connectivity index (χ4v) is 3.91. The van der Waals surface area contributed by atoms with E-state index < -0.39 is 0 Å². The second-order valence-corrected chi connectivity index (χ2v) is 6.20. The minimum atomic E-state index is 0.660. The van der Waals surface area contributed by atoms with Crippen molar-refractivity contribution >= 4 is 11.4 Å². The highest BCUT2D eigenvalue weighted by atomic mass is 15.2. The SMILES string of the molecule is C1=CC2C(C1)CC2Nc1ccccc1N1CCCC1. The molecular formula is C17H22N2. The number of nitrogens with zero attached hydrogens (tertiary/aromatic N) is 1. The summed E-state index contributed by atoms with van der Waals surface area (Å²) in [4.78, 5) is 2.53. The Kier molecular flexibility index (Phi) is 2.75. The van der Waals surface area contributed by atoms with Gasteiger partial charge in [0.25, 0.3) is 0 Å². The van der Waals surface area contributed by atoms with Gasteiger partial charge in [0.2, 0.25) is 0 Å². The molecule has 4 rings (SSSR count). The topological polar surface area (TPSA) is 15.3 Å². The Hall–Kier alpha value is -1.44. The number of nitrogens with one attached hydrogen (secondary N) is 1. The van der Waals surface area contributed by atoms with Crippen molar-refractivity contribution in [2.75, 3.05) is 23.3 Å². The van der Waals surface area contributed by atoms with Gasteiger partial charge in [0, 0.05) is 25.0 Å². The summed E-state index contributed by atoms with van der Waals surface area (Å²) in [6, 6.07) is 9.50. The highest BCUT2D eigenvalue weighted by molar-refractivity contribution is 5.71. The molecule has 100 valence electrons. The Labute approximate surface area is 115 Å². The molecule has 1 N–H and O–H groups in total. The summed E-state index contributed by atoms with van der Waals surface area (Å²) in [5, 5.41) is 3.80. The van der Waals surface area contributed by atoms with Crippen LogP contribution >= 0.6 is 0 Å². The summed E-state index contributed by atoms with van der Waals surface area (Å²) in [5.41, 5.74) is 2.75. The van der Waals surface area contributed by atoms with Gasteiger partial charge in [-0.3, -0.25) is 0 Å². The molecule has 19 heavy (non-hydrogen) atoms. The van der Waals surface area contributed by atoms with E-state index in [1.54, 1.807) is 0 Å². The first-order valence-corrected chi connectivity index (χ1v) is 7.69. The van der Waals surface area contributed by atoms with Gasteiger partial charge in [0.1, 0.15) is 0 Å². The average molecular weight is 254 g/mol. The number of fused-ring (bicyclic) bond motifs is 1. The molecule has 1 aromatic rings. The number of anilines is 2. The molecule has 3 atom stereocenters. The largest absolute Gasteiger partial charge is 0.380 e. The zero-order valence-corrected chi connectivity index (χ0v) is 11.4. The van der Waals surface area contributed by atoms with E-state index in [2.05, 4.69) is 46.6 Å². The van der Waals surface area contributed by atoms with Gasteiger partial charge < -0.3 is 10.2 Å². The fourth-order valence-electron chi connectivity index (χ4n) is 3.91. The highest BCUT2D eigenvalue weighted by Crippen LogP contribution is 2.45. The van der Waals surface area contributed by atoms with Crippen molar-refractivity contribution in [1.29, 1.82) is 0 Å². The molecule has 1 heterocycles. The average Bonchev–Trinajstić information content (AvgIpc) is 3.06. The van der Waals surface area contributed by atoms with Crippen LogP contribution < -0.4 is 10.2 Å². The van der Waals surface area contributed by atoms with Crippen LogP contribution in [0.3, 0.4) is 0 Å². The van der Waals surface area contributed by atoms with E-state index in [1.807, 2.05) is 0 Å². The maximum atomic E-state index is 3.80. The molecule has 0 amide bonds. The molecule has 1 saturated heterocycles. The van der Waals surface area contributed by atoms with Gasteiger partial charge in [-0.15, -0.1) is 0 Å².